The third kappa shape index (κ3) is 5.25. The molecule has 2 saturated heterocycles. The largest absolute Gasteiger partial charge is 0.472 e. The van der Waals surface area contributed by atoms with Gasteiger partial charge in [-0.2, -0.15) is 0 Å². The molecular formula is C23H28FN3O4. The number of nitrogens with zero attached hydrogens (tertiary/aromatic N) is 3. The van der Waals surface area contributed by atoms with Gasteiger partial charge < -0.3 is 23.9 Å². The molecule has 3 heterocycles. The summed E-state index contributed by atoms with van der Waals surface area (Å²) in [6.45, 7) is 3.75. The first-order valence-electron chi connectivity index (χ1n) is 10.8. The Morgan fingerprint density at radius 2 is 1.94 bits per heavy atom. The van der Waals surface area contributed by atoms with E-state index in [1.165, 1.54) is 18.6 Å². The van der Waals surface area contributed by atoms with E-state index in [0.717, 1.165) is 12.8 Å². The van der Waals surface area contributed by atoms with Crippen LogP contribution in [0, 0.1) is 5.82 Å². The fourth-order valence-electron chi connectivity index (χ4n) is 4.17. The van der Waals surface area contributed by atoms with E-state index in [9.17, 15) is 14.0 Å². The van der Waals surface area contributed by atoms with E-state index in [2.05, 4.69) is 0 Å². The molecule has 2 fully saturated rings. The summed E-state index contributed by atoms with van der Waals surface area (Å²) in [4.78, 5) is 31.1. The number of piperazine rings is 1. The lowest BCUT2D eigenvalue weighted by Gasteiger charge is -2.36. The van der Waals surface area contributed by atoms with Crippen LogP contribution < -0.4 is 4.90 Å². The summed E-state index contributed by atoms with van der Waals surface area (Å²) in [7, 11) is 0. The third-order valence-electron chi connectivity index (χ3n) is 5.92. The van der Waals surface area contributed by atoms with Crippen LogP contribution in [-0.2, 0) is 9.53 Å². The summed E-state index contributed by atoms with van der Waals surface area (Å²) >= 11 is 0. The zero-order valence-electron chi connectivity index (χ0n) is 17.5. The van der Waals surface area contributed by atoms with Gasteiger partial charge in [0.1, 0.15) is 12.1 Å². The van der Waals surface area contributed by atoms with E-state index in [1.54, 1.807) is 28.0 Å². The van der Waals surface area contributed by atoms with Crippen LogP contribution in [0.25, 0.3) is 0 Å². The van der Waals surface area contributed by atoms with Crippen LogP contribution in [0.4, 0.5) is 10.1 Å². The molecule has 2 aliphatic rings. The summed E-state index contributed by atoms with van der Waals surface area (Å²) < 4.78 is 24.8. The Balaban J connectivity index is 1.31. The van der Waals surface area contributed by atoms with Crippen molar-refractivity contribution < 1.29 is 23.1 Å². The van der Waals surface area contributed by atoms with E-state index >= 15 is 0 Å². The number of rotatable bonds is 7. The minimum atomic E-state index is -0.246. The molecule has 2 amide bonds. The number of furan rings is 1. The Morgan fingerprint density at radius 1 is 1.13 bits per heavy atom. The Morgan fingerprint density at radius 3 is 2.61 bits per heavy atom. The van der Waals surface area contributed by atoms with E-state index in [4.69, 9.17) is 9.15 Å². The van der Waals surface area contributed by atoms with Crippen molar-refractivity contribution in [3.63, 3.8) is 0 Å². The van der Waals surface area contributed by atoms with Crippen LogP contribution in [0.15, 0.2) is 47.3 Å². The molecule has 0 aliphatic carbocycles. The molecule has 1 unspecified atom stereocenters. The first-order chi connectivity index (χ1) is 15.1. The van der Waals surface area contributed by atoms with E-state index in [0.29, 0.717) is 57.1 Å². The molecule has 0 N–H and O–H groups in total. The van der Waals surface area contributed by atoms with Gasteiger partial charge >= 0.3 is 0 Å². The fraction of sp³-hybridized carbons (Fsp3) is 0.478. The number of hydrogen-bond donors (Lipinski definition) is 0. The summed E-state index contributed by atoms with van der Waals surface area (Å²) in [5, 5.41) is 0. The van der Waals surface area contributed by atoms with Crippen molar-refractivity contribution in [2.75, 3.05) is 50.8 Å². The minimum Gasteiger partial charge on any atom is -0.472 e. The van der Waals surface area contributed by atoms with Gasteiger partial charge in [0.25, 0.3) is 5.91 Å². The van der Waals surface area contributed by atoms with Crippen molar-refractivity contribution in [1.29, 1.82) is 0 Å². The second kappa shape index (κ2) is 9.96. The number of halogens is 1. The number of ether oxygens (including phenoxy) is 1. The molecule has 1 aromatic heterocycles. The van der Waals surface area contributed by atoms with Crippen molar-refractivity contribution in [2.45, 2.75) is 25.4 Å². The smallest absolute Gasteiger partial charge is 0.257 e. The van der Waals surface area contributed by atoms with Gasteiger partial charge in [-0.3, -0.25) is 9.59 Å². The predicted molar refractivity (Wildman–Crippen MR) is 113 cm³/mol. The summed E-state index contributed by atoms with van der Waals surface area (Å²) in [6.07, 6.45) is 5.06. The van der Waals surface area contributed by atoms with E-state index in [-0.39, 0.29) is 30.2 Å². The maximum Gasteiger partial charge on any atom is 0.257 e. The first kappa shape index (κ1) is 21.4. The van der Waals surface area contributed by atoms with E-state index in [1.807, 2.05) is 11.0 Å². The van der Waals surface area contributed by atoms with Crippen LogP contribution in [0.2, 0.25) is 0 Å². The molecule has 8 heteroatoms. The summed E-state index contributed by atoms with van der Waals surface area (Å²) in [6, 6.07) is 8.33. The van der Waals surface area contributed by atoms with Crippen LogP contribution >= 0.6 is 0 Å². The third-order valence-corrected chi connectivity index (χ3v) is 5.92. The number of para-hydroxylation sites is 1. The molecule has 2 aromatic rings. The van der Waals surface area contributed by atoms with Crippen LogP contribution in [0.1, 0.15) is 29.6 Å². The maximum atomic E-state index is 14.0. The van der Waals surface area contributed by atoms with Gasteiger partial charge in [-0.05, 0) is 31.0 Å². The van der Waals surface area contributed by atoms with Crippen molar-refractivity contribution in [3.05, 3.63) is 54.2 Å². The molecule has 1 aromatic carbocycles. The van der Waals surface area contributed by atoms with Crippen molar-refractivity contribution in [3.8, 4) is 0 Å². The molecule has 1 atom stereocenters. The number of hydrogen-bond acceptors (Lipinski definition) is 5. The molecule has 31 heavy (non-hydrogen) atoms. The highest BCUT2D eigenvalue weighted by Crippen LogP contribution is 2.21. The van der Waals surface area contributed by atoms with Gasteiger partial charge in [0.05, 0.1) is 23.6 Å². The zero-order valence-corrected chi connectivity index (χ0v) is 17.5. The fourth-order valence-corrected chi connectivity index (χ4v) is 4.17. The van der Waals surface area contributed by atoms with Crippen molar-refractivity contribution >= 4 is 17.5 Å². The summed E-state index contributed by atoms with van der Waals surface area (Å²) in [5.41, 5.74) is 1.05. The SMILES string of the molecule is O=C(CCN(CC1CCCO1)C(=O)c1ccoc1)N1CCN(c2ccccc2F)CC1. The van der Waals surface area contributed by atoms with Gasteiger partial charge in [0, 0.05) is 52.3 Å². The molecule has 7 nitrogen and oxygen atoms in total. The molecule has 0 radical (unpaired) electrons. The Labute approximate surface area is 181 Å². The quantitative estimate of drug-likeness (QED) is 0.677. The normalized spacial score (nSPS) is 18.9. The van der Waals surface area contributed by atoms with Gasteiger partial charge in [-0.25, -0.2) is 4.39 Å². The molecule has 0 spiro atoms. The number of amides is 2. The number of anilines is 1. The lowest BCUT2D eigenvalue weighted by atomic mass is 10.2. The van der Waals surface area contributed by atoms with Crippen molar-refractivity contribution in [2.24, 2.45) is 0 Å². The average molecular weight is 429 g/mol. The second-order valence-corrected chi connectivity index (χ2v) is 7.97. The minimum absolute atomic E-state index is 0.00511. The Hall–Kier alpha value is -2.87. The predicted octanol–water partition coefficient (Wildman–Crippen LogP) is 2.78. The lowest BCUT2D eigenvalue weighted by molar-refractivity contribution is -0.131. The molecular weight excluding hydrogens is 401 g/mol. The molecule has 166 valence electrons. The Kier molecular flexibility index (Phi) is 6.86. The highest BCUT2D eigenvalue weighted by molar-refractivity contribution is 5.94. The number of carbonyl (C=O) groups excluding carboxylic acids is 2. The topological polar surface area (TPSA) is 66.2 Å². The Bertz CT molecular complexity index is 875. The first-order valence-corrected chi connectivity index (χ1v) is 10.8. The van der Waals surface area contributed by atoms with E-state index < -0.39 is 0 Å². The highest BCUT2D eigenvalue weighted by Gasteiger charge is 2.27. The number of benzene rings is 1. The van der Waals surface area contributed by atoms with Crippen LogP contribution in [0.3, 0.4) is 0 Å². The average Bonchev–Trinajstić information content (AvgIpc) is 3.51. The monoisotopic (exact) mass is 429 g/mol. The van der Waals surface area contributed by atoms with Gasteiger partial charge in [-0.15, -0.1) is 0 Å². The van der Waals surface area contributed by atoms with Crippen molar-refractivity contribution in [1.82, 2.24) is 9.80 Å². The molecule has 0 bridgehead atoms. The molecule has 0 saturated carbocycles. The molecule has 4 rings (SSSR count). The van der Waals surface area contributed by atoms with Gasteiger partial charge in [0.2, 0.25) is 5.91 Å². The highest BCUT2D eigenvalue weighted by atomic mass is 19.1. The van der Waals surface area contributed by atoms with Gasteiger partial charge in [-0.1, -0.05) is 12.1 Å². The maximum absolute atomic E-state index is 14.0. The second-order valence-electron chi connectivity index (χ2n) is 7.97. The number of carbonyl (C=O) groups is 2. The zero-order chi connectivity index (χ0) is 21.6. The van der Waals surface area contributed by atoms with Crippen LogP contribution in [-0.4, -0.2) is 73.6 Å². The summed E-state index contributed by atoms with van der Waals surface area (Å²) in [5.74, 6) is -0.392. The standard InChI is InChI=1S/C23H28FN3O4/c24-20-5-1-2-6-21(20)25-10-12-26(13-11-25)22(28)7-9-27(16-19-4-3-14-31-19)23(29)18-8-15-30-17-18/h1-2,5-6,8,15,17,19H,3-4,7,9-14,16H2. The molecule has 2 aliphatic heterocycles. The van der Waals surface area contributed by atoms with Gasteiger partial charge in [0.15, 0.2) is 0 Å². The van der Waals surface area contributed by atoms with Crippen LogP contribution in [0.5, 0.6) is 0 Å². The lowest BCUT2D eigenvalue weighted by Crippen LogP contribution is -2.49.